The van der Waals surface area contributed by atoms with Crippen molar-refractivity contribution in [2.45, 2.75) is 104 Å². The molecule has 5 heteroatoms. The number of Topliss-reactive ketones (excluding diaryl/α,β-unsaturated/α-hetero) is 1. The molecule has 0 saturated heterocycles. The molecule has 0 amide bonds. The molecule has 1 N–H and O–H groups in total. The quantitative estimate of drug-likeness (QED) is 0.202. The third-order valence-corrected chi connectivity index (χ3v) is 6.70. The van der Waals surface area contributed by atoms with E-state index in [9.17, 15) is 13.2 Å². The number of benzene rings is 1. The molecule has 0 fully saturated rings. The van der Waals surface area contributed by atoms with Crippen LogP contribution in [0.1, 0.15) is 114 Å². The Morgan fingerprint density at radius 1 is 0.724 bits per heavy atom. The van der Waals surface area contributed by atoms with Crippen molar-refractivity contribution < 1.29 is 13.2 Å². The van der Waals surface area contributed by atoms with Gasteiger partial charge in [-0.1, -0.05) is 90.4 Å². The van der Waals surface area contributed by atoms with Crippen LogP contribution in [-0.2, 0) is 10.0 Å². The maximum absolute atomic E-state index is 12.2. The van der Waals surface area contributed by atoms with E-state index in [1.807, 2.05) is 0 Å². The average Bonchev–Trinajstić information content (AvgIpc) is 2.68. The fourth-order valence-corrected chi connectivity index (χ4v) is 4.67. The number of anilines is 1. The highest BCUT2D eigenvalue weighted by molar-refractivity contribution is 7.92. The Labute approximate surface area is 178 Å². The van der Waals surface area contributed by atoms with Gasteiger partial charge in [0.25, 0.3) is 0 Å². The van der Waals surface area contributed by atoms with Crippen LogP contribution >= 0.6 is 0 Å². The average molecular weight is 424 g/mol. The topological polar surface area (TPSA) is 63.2 Å². The summed E-state index contributed by atoms with van der Waals surface area (Å²) in [5.41, 5.74) is 1.10. The van der Waals surface area contributed by atoms with Gasteiger partial charge in [0.2, 0.25) is 10.0 Å². The molecule has 0 aromatic heterocycles. The lowest BCUT2D eigenvalue weighted by atomic mass is 10.0. The zero-order chi connectivity index (χ0) is 21.4. The highest BCUT2D eigenvalue weighted by Crippen LogP contribution is 2.15. The molecule has 0 bridgehead atoms. The second kappa shape index (κ2) is 15.5. The smallest absolute Gasteiger partial charge is 0.232 e. The summed E-state index contributed by atoms with van der Waals surface area (Å²) in [5.74, 6) is 0.126. The molecule has 0 aliphatic rings. The molecule has 1 rings (SSSR count). The Hall–Kier alpha value is -1.36. The molecular weight excluding hydrogens is 382 g/mol. The van der Waals surface area contributed by atoms with Gasteiger partial charge in [-0.2, -0.15) is 0 Å². The van der Waals surface area contributed by atoms with Gasteiger partial charge in [-0.3, -0.25) is 9.52 Å². The zero-order valence-electron chi connectivity index (χ0n) is 18.5. The molecule has 0 radical (unpaired) electrons. The van der Waals surface area contributed by atoms with Crippen molar-refractivity contribution in [2.24, 2.45) is 0 Å². The minimum atomic E-state index is -3.32. The first-order chi connectivity index (χ1) is 13.9. The molecule has 166 valence electrons. The highest BCUT2D eigenvalue weighted by Gasteiger charge is 2.10. The monoisotopic (exact) mass is 423 g/mol. The summed E-state index contributed by atoms with van der Waals surface area (Å²) in [6.07, 6.45) is 17.5. The van der Waals surface area contributed by atoms with Gasteiger partial charge in [0.1, 0.15) is 0 Å². The summed E-state index contributed by atoms with van der Waals surface area (Å²) < 4.78 is 26.9. The summed E-state index contributed by atoms with van der Waals surface area (Å²) in [4.78, 5) is 11.3. The van der Waals surface area contributed by atoms with E-state index in [2.05, 4.69) is 11.6 Å². The number of sulfonamides is 1. The Morgan fingerprint density at radius 2 is 1.14 bits per heavy atom. The third-order valence-electron chi connectivity index (χ3n) is 5.33. The molecule has 0 heterocycles. The van der Waals surface area contributed by atoms with Crippen LogP contribution < -0.4 is 4.72 Å². The van der Waals surface area contributed by atoms with Gasteiger partial charge in [-0.05, 0) is 37.6 Å². The van der Waals surface area contributed by atoms with Crippen LogP contribution in [0.3, 0.4) is 0 Å². The molecule has 0 aliphatic heterocycles. The number of unbranched alkanes of at least 4 members (excludes halogenated alkanes) is 13. The number of ketones is 1. The number of carbonyl (C=O) groups excluding carboxylic acids is 1. The fraction of sp³-hybridized carbons (Fsp3) is 0.708. The second-order valence-corrected chi connectivity index (χ2v) is 9.99. The van der Waals surface area contributed by atoms with Crippen molar-refractivity contribution in [2.75, 3.05) is 10.5 Å². The summed E-state index contributed by atoms with van der Waals surface area (Å²) in [6, 6.07) is 6.57. The predicted molar refractivity (Wildman–Crippen MR) is 124 cm³/mol. The molecular formula is C24H41NO3S. The summed E-state index contributed by atoms with van der Waals surface area (Å²) in [6.45, 7) is 3.75. The first-order valence-electron chi connectivity index (χ1n) is 11.6. The number of hydrogen-bond donors (Lipinski definition) is 1. The van der Waals surface area contributed by atoms with Crippen molar-refractivity contribution in [3.05, 3.63) is 29.8 Å². The Morgan fingerprint density at radius 3 is 1.55 bits per heavy atom. The first-order valence-corrected chi connectivity index (χ1v) is 13.2. The van der Waals surface area contributed by atoms with Gasteiger partial charge in [-0.15, -0.1) is 0 Å². The summed E-state index contributed by atoms with van der Waals surface area (Å²) in [7, 11) is -3.32. The van der Waals surface area contributed by atoms with Crippen LogP contribution in [0.4, 0.5) is 5.69 Å². The molecule has 0 unspecified atom stereocenters. The van der Waals surface area contributed by atoms with Crippen LogP contribution in [-0.4, -0.2) is 20.0 Å². The van der Waals surface area contributed by atoms with Gasteiger partial charge in [0.05, 0.1) is 5.75 Å². The van der Waals surface area contributed by atoms with E-state index in [1.54, 1.807) is 24.3 Å². The number of carbonyl (C=O) groups is 1. The molecule has 0 saturated carbocycles. The van der Waals surface area contributed by atoms with Gasteiger partial charge < -0.3 is 0 Å². The van der Waals surface area contributed by atoms with E-state index in [4.69, 9.17) is 0 Å². The van der Waals surface area contributed by atoms with Gasteiger partial charge in [-0.25, -0.2) is 8.42 Å². The van der Waals surface area contributed by atoms with Crippen LogP contribution in [0.25, 0.3) is 0 Å². The Kier molecular flexibility index (Phi) is 13.7. The van der Waals surface area contributed by atoms with E-state index in [-0.39, 0.29) is 11.5 Å². The van der Waals surface area contributed by atoms with E-state index < -0.39 is 10.0 Å². The lowest BCUT2D eigenvalue weighted by Gasteiger charge is -2.08. The molecule has 1 aromatic rings. The number of nitrogens with one attached hydrogen (secondary N) is 1. The van der Waals surface area contributed by atoms with E-state index in [0.717, 1.165) is 12.8 Å². The summed E-state index contributed by atoms with van der Waals surface area (Å²) in [5, 5.41) is 0. The lowest BCUT2D eigenvalue weighted by Crippen LogP contribution is -2.16. The SMILES string of the molecule is CCCCCCCCCCCCCCCCS(=O)(=O)Nc1ccc(C(C)=O)cc1. The third kappa shape index (κ3) is 13.5. The fourth-order valence-electron chi connectivity index (χ4n) is 3.49. The summed E-state index contributed by atoms with van der Waals surface area (Å²) >= 11 is 0. The Bertz CT molecular complexity index is 653. The van der Waals surface area contributed by atoms with E-state index in [0.29, 0.717) is 17.7 Å². The van der Waals surface area contributed by atoms with Gasteiger partial charge in [0.15, 0.2) is 5.78 Å². The molecule has 29 heavy (non-hydrogen) atoms. The van der Waals surface area contributed by atoms with Crippen molar-refractivity contribution in [1.82, 2.24) is 0 Å². The second-order valence-electron chi connectivity index (χ2n) is 8.15. The lowest BCUT2D eigenvalue weighted by molar-refractivity contribution is 0.101. The maximum atomic E-state index is 12.2. The zero-order valence-corrected chi connectivity index (χ0v) is 19.4. The van der Waals surface area contributed by atoms with E-state index >= 15 is 0 Å². The largest absolute Gasteiger partial charge is 0.295 e. The van der Waals surface area contributed by atoms with Crippen molar-refractivity contribution >= 4 is 21.5 Å². The minimum absolute atomic E-state index is 0.0261. The van der Waals surface area contributed by atoms with Crippen LogP contribution in [0, 0.1) is 0 Å². The molecule has 0 spiro atoms. The molecule has 1 aromatic carbocycles. The number of rotatable bonds is 18. The van der Waals surface area contributed by atoms with Crippen molar-refractivity contribution in [1.29, 1.82) is 0 Å². The van der Waals surface area contributed by atoms with Crippen LogP contribution in [0.2, 0.25) is 0 Å². The van der Waals surface area contributed by atoms with Crippen molar-refractivity contribution in [3.63, 3.8) is 0 Å². The number of hydrogen-bond acceptors (Lipinski definition) is 3. The normalized spacial score (nSPS) is 11.5. The predicted octanol–water partition coefficient (Wildman–Crippen LogP) is 7.11. The van der Waals surface area contributed by atoms with Gasteiger partial charge in [0, 0.05) is 11.3 Å². The molecule has 4 nitrogen and oxygen atoms in total. The molecule has 0 atom stereocenters. The standard InChI is InChI=1S/C24H41NO3S/c1-3-4-5-6-7-8-9-10-11-12-13-14-15-16-21-29(27,28)25-24-19-17-23(18-20-24)22(2)26/h17-20,25H,3-16,21H2,1-2H3. The highest BCUT2D eigenvalue weighted by atomic mass is 32.2. The Balaban J connectivity index is 2.00. The maximum Gasteiger partial charge on any atom is 0.232 e. The van der Waals surface area contributed by atoms with Crippen LogP contribution in [0.15, 0.2) is 24.3 Å². The van der Waals surface area contributed by atoms with Gasteiger partial charge >= 0.3 is 0 Å². The minimum Gasteiger partial charge on any atom is -0.295 e. The van der Waals surface area contributed by atoms with E-state index in [1.165, 1.54) is 77.6 Å². The first kappa shape index (κ1) is 25.7. The van der Waals surface area contributed by atoms with Crippen molar-refractivity contribution in [3.8, 4) is 0 Å². The molecule has 0 aliphatic carbocycles. The van der Waals surface area contributed by atoms with Crippen LogP contribution in [0.5, 0.6) is 0 Å².